The molecule has 0 amide bonds. The van der Waals surface area contributed by atoms with Crippen molar-refractivity contribution in [1.29, 1.82) is 0 Å². The summed E-state index contributed by atoms with van der Waals surface area (Å²) in [7, 11) is 3.39. The molecule has 1 heterocycles. The Kier molecular flexibility index (Phi) is 7.05. The Balaban J connectivity index is 2.72. The van der Waals surface area contributed by atoms with Crippen LogP contribution < -0.4 is 10.2 Å². The lowest BCUT2D eigenvalue weighted by molar-refractivity contribution is 0.190. The number of aromatic nitrogens is 2. The Morgan fingerprint density at radius 3 is 2.44 bits per heavy atom. The van der Waals surface area contributed by atoms with Crippen LogP contribution in [0.2, 0.25) is 0 Å². The number of ether oxygens (including phenoxy) is 2. The SMILES string of the molecule is CCNc1nccc(N(CCOC)CCOC)n1. The molecule has 0 radical (unpaired) electrons. The molecule has 0 unspecified atom stereocenters. The first-order valence-electron chi connectivity index (χ1n) is 6.11. The van der Waals surface area contributed by atoms with Crippen LogP contribution in [-0.2, 0) is 9.47 Å². The van der Waals surface area contributed by atoms with Crippen molar-refractivity contribution in [3.63, 3.8) is 0 Å². The maximum atomic E-state index is 5.11. The van der Waals surface area contributed by atoms with Gasteiger partial charge in [-0.1, -0.05) is 0 Å². The Bertz CT molecular complexity index is 328. The van der Waals surface area contributed by atoms with Crippen molar-refractivity contribution in [2.45, 2.75) is 6.92 Å². The third-order valence-electron chi connectivity index (χ3n) is 2.43. The first-order chi connectivity index (χ1) is 8.81. The molecule has 0 fully saturated rings. The molecule has 6 heteroatoms. The predicted octanol–water partition coefficient (Wildman–Crippen LogP) is 1.01. The molecule has 0 saturated heterocycles. The smallest absolute Gasteiger partial charge is 0.224 e. The van der Waals surface area contributed by atoms with Crippen molar-refractivity contribution in [2.75, 3.05) is 57.3 Å². The summed E-state index contributed by atoms with van der Waals surface area (Å²) in [4.78, 5) is 10.7. The summed E-state index contributed by atoms with van der Waals surface area (Å²) in [5.74, 6) is 1.53. The summed E-state index contributed by atoms with van der Waals surface area (Å²) < 4.78 is 10.2. The van der Waals surface area contributed by atoms with Crippen LogP contribution in [0.1, 0.15) is 6.92 Å². The summed E-state index contributed by atoms with van der Waals surface area (Å²) in [5, 5.41) is 3.10. The fraction of sp³-hybridized carbons (Fsp3) is 0.667. The summed E-state index contributed by atoms with van der Waals surface area (Å²) in [6.45, 7) is 5.70. The number of anilines is 2. The van der Waals surface area contributed by atoms with Gasteiger partial charge in [-0.15, -0.1) is 0 Å². The van der Waals surface area contributed by atoms with E-state index >= 15 is 0 Å². The van der Waals surface area contributed by atoms with E-state index in [4.69, 9.17) is 9.47 Å². The van der Waals surface area contributed by atoms with E-state index in [1.54, 1.807) is 20.4 Å². The summed E-state index contributed by atoms with van der Waals surface area (Å²) in [6.07, 6.45) is 1.76. The van der Waals surface area contributed by atoms with Gasteiger partial charge in [-0.3, -0.25) is 0 Å². The predicted molar refractivity (Wildman–Crippen MR) is 72.2 cm³/mol. The van der Waals surface area contributed by atoms with E-state index in [9.17, 15) is 0 Å². The third kappa shape index (κ3) is 4.85. The second kappa shape index (κ2) is 8.66. The Labute approximate surface area is 108 Å². The van der Waals surface area contributed by atoms with Crippen LogP contribution in [0.4, 0.5) is 11.8 Å². The molecule has 1 N–H and O–H groups in total. The van der Waals surface area contributed by atoms with Gasteiger partial charge < -0.3 is 19.7 Å². The summed E-state index contributed by atoms with van der Waals surface area (Å²) in [5.41, 5.74) is 0. The molecule has 0 aliphatic rings. The zero-order valence-electron chi connectivity index (χ0n) is 11.3. The second-order valence-corrected chi connectivity index (χ2v) is 3.74. The van der Waals surface area contributed by atoms with Gasteiger partial charge in [-0.05, 0) is 13.0 Å². The Morgan fingerprint density at radius 2 is 1.89 bits per heavy atom. The standard InChI is InChI=1S/C12H22N4O2/c1-4-13-12-14-6-5-11(15-12)16(7-9-17-2)8-10-18-3/h5-6H,4,7-10H2,1-3H3,(H,13,14,15). The molecule has 1 aromatic rings. The van der Waals surface area contributed by atoms with Crippen molar-refractivity contribution in [2.24, 2.45) is 0 Å². The molecular weight excluding hydrogens is 232 g/mol. The van der Waals surface area contributed by atoms with Gasteiger partial charge in [-0.25, -0.2) is 4.98 Å². The van der Waals surface area contributed by atoms with E-state index < -0.39 is 0 Å². The van der Waals surface area contributed by atoms with Gasteiger partial charge in [0, 0.05) is 40.1 Å². The van der Waals surface area contributed by atoms with Crippen LogP contribution in [0.15, 0.2) is 12.3 Å². The Hall–Kier alpha value is -1.40. The molecule has 6 nitrogen and oxygen atoms in total. The highest BCUT2D eigenvalue weighted by Gasteiger charge is 2.08. The molecule has 0 aliphatic carbocycles. The van der Waals surface area contributed by atoms with Crippen LogP contribution in [0.25, 0.3) is 0 Å². The zero-order chi connectivity index (χ0) is 13.2. The van der Waals surface area contributed by atoms with Gasteiger partial charge in [0.2, 0.25) is 5.95 Å². The molecule has 0 spiro atoms. The first-order valence-corrected chi connectivity index (χ1v) is 6.11. The van der Waals surface area contributed by atoms with Crippen LogP contribution >= 0.6 is 0 Å². The molecule has 1 rings (SSSR count). The third-order valence-corrected chi connectivity index (χ3v) is 2.43. The zero-order valence-corrected chi connectivity index (χ0v) is 11.3. The second-order valence-electron chi connectivity index (χ2n) is 3.74. The van der Waals surface area contributed by atoms with Crippen molar-refractivity contribution >= 4 is 11.8 Å². The average molecular weight is 254 g/mol. The number of methoxy groups -OCH3 is 2. The minimum absolute atomic E-state index is 0.648. The lowest BCUT2D eigenvalue weighted by Gasteiger charge is -2.23. The largest absolute Gasteiger partial charge is 0.383 e. The van der Waals surface area contributed by atoms with Gasteiger partial charge in [0.25, 0.3) is 0 Å². The number of rotatable bonds is 9. The van der Waals surface area contributed by atoms with E-state index in [-0.39, 0.29) is 0 Å². The number of nitrogens with zero attached hydrogens (tertiary/aromatic N) is 3. The molecule has 1 aromatic heterocycles. The van der Waals surface area contributed by atoms with Crippen molar-refractivity contribution in [3.05, 3.63) is 12.3 Å². The monoisotopic (exact) mass is 254 g/mol. The van der Waals surface area contributed by atoms with Crippen molar-refractivity contribution in [1.82, 2.24) is 9.97 Å². The van der Waals surface area contributed by atoms with Crippen molar-refractivity contribution < 1.29 is 9.47 Å². The van der Waals surface area contributed by atoms with Gasteiger partial charge in [0.15, 0.2) is 0 Å². The lowest BCUT2D eigenvalue weighted by Crippen LogP contribution is -2.31. The topological polar surface area (TPSA) is 59.5 Å². The fourth-order valence-electron chi connectivity index (χ4n) is 1.51. The van der Waals surface area contributed by atoms with Crippen LogP contribution in [0.5, 0.6) is 0 Å². The fourth-order valence-corrected chi connectivity index (χ4v) is 1.51. The molecule has 0 aromatic carbocycles. The minimum Gasteiger partial charge on any atom is -0.383 e. The van der Waals surface area contributed by atoms with E-state index in [0.29, 0.717) is 19.2 Å². The van der Waals surface area contributed by atoms with E-state index in [1.807, 2.05) is 13.0 Å². The molecule has 0 bridgehead atoms. The molecule has 0 atom stereocenters. The lowest BCUT2D eigenvalue weighted by atomic mass is 10.4. The quantitative estimate of drug-likeness (QED) is 0.709. The van der Waals surface area contributed by atoms with E-state index in [2.05, 4.69) is 20.2 Å². The Morgan fingerprint density at radius 1 is 1.22 bits per heavy atom. The van der Waals surface area contributed by atoms with Crippen LogP contribution in [0, 0.1) is 0 Å². The van der Waals surface area contributed by atoms with Crippen LogP contribution in [0.3, 0.4) is 0 Å². The van der Waals surface area contributed by atoms with Gasteiger partial charge >= 0.3 is 0 Å². The highest BCUT2D eigenvalue weighted by Crippen LogP contribution is 2.11. The normalized spacial score (nSPS) is 10.4. The van der Waals surface area contributed by atoms with Gasteiger partial charge in [0.05, 0.1) is 13.2 Å². The number of nitrogens with one attached hydrogen (secondary N) is 1. The van der Waals surface area contributed by atoms with Gasteiger partial charge in [-0.2, -0.15) is 4.98 Å². The summed E-state index contributed by atoms with van der Waals surface area (Å²) in [6, 6.07) is 1.90. The minimum atomic E-state index is 0.648. The van der Waals surface area contributed by atoms with Crippen LogP contribution in [-0.4, -0.2) is 57.0 Å². The highest BCUT2D eigenvalue weighted by molar-refractivity contribution is 5.42. The maximum Gasteiger partial charge on any atom is 0.224 e. The average Bonchev–Trinajstić information content (AvgIpc) is 2.40. The van der Waals surface area contributed by atoms with E-state index in [0.717, 1.165) is 25.5 Å². The van der Waals surface area contributed by atoms with E-state index in [1.165, 1.54) is 0 Å². The number of hydrogen-bond donors (Lipinski definition) is 1. The number of hydrogen-bond acceptors (Lipinski definition) is 6. The highest BCUT2D eigenvalue weighted by atomic mass is 16.5. The maximum absolute atomic E-state index is 5.11. The van der Waals surface area contributed by atoms with Crippen molar-refractivity contribution in [3.8, 4) is 0 Å². The molecule has 18 heavy (non-hydrogen) atoms. The van der Waals surface area contributed by atoms with Gasteiger partial charge in [0.1, 0.15) is 5.82 Å². The first kappa shape index (κ1) is 14.7. The molecule has 0 aliphatic heterocycles. The molecule has 102 valence electrons. The molecular formula is C12H22N4O2. The molecule has 0 saturated carbocycles. The summed E-state index contributed by atoms with van der Waals surface area (Å²) >= 11 is 0.